The molecule has 0 saturated heterocycles. The average Bonchev–Trinajstić information content (AvgIpc) is 2.42. The van der Waals surface area contributed by atoms with E-state index in [1.54, 1.807) is 12.1 Å². The Labute approximate surface area is 120 Å². The van der Waals surface area contributed by atoms with Gasteiger partial charge in [-0.3, -0.25) is 5.32 Å². The Morgan fingerprint density at radius 2 is 2.20 bits per heavy atom. The molecule has 3 nitrogen and oxygen atoms in total. The first-order chi connectivity index (χ1) is 9.51. The van der Waals surface area contributed by atoms with Gasteiger partial charge < -0.3 is 4.74 Å². The Hall–Kier alpha value is -1.60. The number of rotatable bonds is 8. The van der Waals surface area contributed by atoms with Crippen LogP contribution in [-0.2, 0) is 0 Å². The van der Waals surface area contributed by atoms with Gasteiger partial charge in [-0.1, -0.05) is 13.0 Å². The van der Waals surface area contributed by atoms with Crippen molar-refractivity contribution in [3.05, 3.63) is 30.1 Å². The van der Waals surface area contributed by atoms with Crippen LogP contribution in [0.2, 0.25) is 0 Å². The van der Waals surface area contributed by atoms with E-state index in [1.165, 1.54) is 12.1 Å². The molecule has 0 heterocycles. The summed E-state index contributed by atoms with van der Waals surface area (Å²) in [6, 6.07) is 8.74. The summed E-state index contributed by atoms with van der Waals surface area (Å²) in [5, 5.41) is 12.7. The Morgan fingerprint density at radius 3 is 2.75 bits per heavy atom. The van der Waals surface area contributed by atoms with Gasteiger partial charge in [-0.2, -0.15) is 5.26 Å². The molecule has 4 heteroatoms. The summed E-state index contributed by atoms with van der Waals surface area (Å²) in [4.78, 5) is 0. The van der Waals surface area contributed by atoms with Crippen molar-refractivity contribution in [3.8, 4) is 11.8 Å². The van der Waals surface area contributed by atoms with Crippen LogP contribution in [0.1, 0.15) is 40.0 Å². The Balaban J connectivity index is 2.43. The van der Waals surface area contributed by atoms with Gasteiger partial charge in [0.15, 0.2) is 0 Å². The van der Waals surface area contributed by atoms with Crippen LogP contribution >= 0.6 is 0 Å². The largest absolute Gasteiger partial charge is 0.493 e. The molecule has 0 aliphatic rings. The van der Waals surface area contributed by atoms with E-state index in [9.17, 15) is 9.65 Å². The minimum atomic E-state index is -0.501. The highest BCUT2D eigenvalue weighted by atomic mass is 19.1. The molecular weight excluding hydrogens is 255 g/mol. The van der Waals surface area contributed by atoms with Crippen LogP contribution < -0.4 is 10.1 Å². The third kappa shape index (κ3) is 5.18. The third-order valence-electron chi connectivity index (χ3n) is 3.20. The van der Waals surface area contributed by atoms with Gasteiger partial charge >= 0.3 is 0 Å². The smallest absolute Gasteiger partial charge is 0.126 e. The highest BCUT2D eigenvalue weighted by molar-refractivity contribution is 5.22. The Kier molecular flexibility index (Phi) is 6.47. The van der Waals surface area contributed by atoms with Crippen LogP contribution in [0.15, 0.2) is 24.3 Å². The second-order valence-corrected chi connectivity index (χ2v) is 5.26. The van der Waals surface area contributed by atoms with Crippen molar-refractivity contribution in [3.63, 3.8) is 0 Å². The second kappa shape index (κ2) is 7.86. The molecule has 0 saturated carbocycles. The van der Waals surface area contributed by atoms with Crippen LogP contribution in [0.25, 0.3) is 0 Å². The number of halogens is 1. The number of nitriles is 1. The highest BCUT2D eigenvalue weighted by Crippen LogP contribution is 2.19. The van der Waals surface area contributed by atoms with Gasteiger partial charge in [0.2, 0.25) is 0 Å². The molecule has 110 valence electrons. The van der Waals surface area contributed by atoms with E-state index < -0.39 is 5.54 Å². The molecule has 0 aliphatic heterocycles. The normalized spacial score (nSPS) is 13.8. The molecule has 0 spiro atoms. The lowest BCUT2D eigenvalue weighted by Crippen LogP contribution is -2.47. The number of hydrogen-bond donors (Lipinski definition) is 1. The molecule has 0 radical (unpaired) electrons. The maximum absolute atomic E-state index is 13.0. The SMILES string of the molecule is CCC(C#N)(CCCOc1cccc(F)c1)NC(C)C. The van der Waals surface area contributed by atoms with E-state index in [0.717, 1.165) is 12.8 Å². The first kappa shape index (κ1) is 16.5. The van der Waals surface area contributed by atoms with Crippen LogP contribution in [0.5, 0.6) is 5.75 Å². The zero-order valence-electron chi connectivity index (χ0n) is 12.4. The lowest BCUT2D eigenvalue weighted by atomic mass is 9.91. The minimum Gasteiger partial charge on any atom is -0.493 e. The second-order valence-electron chi connectivity index (χ2n) is 5.26. The fourth-order valence-electron chi connectivity index (χ4n) is 2.19. The lowest BCUT2D eigenvalue weighted by Gasteiger charge is -2.29. The predicted octanol–water partition coefficient (Wildman–Crippen LogP) is 3.66. The summed E-state index contributed by atoms with van der Waals surface area (Å²) in [5.41, 5.74) is -0.501. The van der Waals surface area contributed by atoms with Gasteiger partial charge in [0, 0.05) is 12.1 Å². The van der Waals surface area contributed by atoms with Crippen LogP contribution in [0.4, 0.5) is 4.39 Å². The topological polar surface area (TPSA) is 45.0 Å². The summed E-state index contributed by atoms with van der Waals surface area (Å²) in [7, 11) is 0. The van der Waals surface area contributed by atoms with Crippen molar-refractivity contribution in [2.24, 2.45) is 0 Å². The van der Waals surface area contributed by atoms with Crippen LogP contribution in [0.3, 0.4) is 0 Å². The van der Waals surface area contributed by atoms with E-state index >= 15 is 0 Å². The van der Waals surface area contributed by atoms with E-state index in [2.05, 4.69) is 11.4 Å². The van der Waals surface area contributed by atoms with Crippen LogP contribution in [-0.4, -0.2) is 18.2 Å². The standard InChI is InChI=1S/C16H23FN2O/c1-4-16(12-18,19-13(2)3)9-6-10-20-15-8-5-7-14(17)11-15/h5,7-8,11,13,19H,4,6,9-10H2,1-3H3. The molecule has 0 aliphatic carbocycles. The van der Waals surface area contributed by atoms with E-state index in [4.69, 9.17) is 4.74 Å². The van der Waals surface area contributed by atoms with E-state index in [-0.39, 0.29) is 11.9 Å². The fraction of sp³-hybridized carbons (Fsp3) is 0.562. The molecule has 0 aromatic heterocycles. The van der Waals surface area contributed by atoms with Crippen molar-refractivity contribution in [1.82, 2.24) is 5.32 Å². The first-order valence-corrected chi connectivity index (χ1v) is 7.08. The van der Waals surface area contributed by atoms with E-state index in [0.29, 0.717) is 18.8 Å². The van der Waals surface area contributed by atoms with Gasteiger partial charge in [0.05, 0.1) is 12.7 Å². The molecule has 1 N–H and O–H groups in total. The zero-order chi connectivity index (χ0) is 15.0. The van der Waals surface area contributed by atoms with E-state index in [1.807, 2.05) is 20.8 Å². The first-order valence-electron chi connectivity index (χ1n) is 7.08. The monoisotopic (exact) mass is 278 g/mol. The number of nitrogens with one attached hydrogen (secondary N) is 1. The van der Waals surface area contributed by atoms with Gasteiger partial charge in [0.25, 0.3) is 0 Å². The summed E-state index contributed by atoms with van der Waals surface area (Å²) in [6.07, 6.45) is 2.22. The quantitative estimate of drug-likeness (QED) is 0.738. The number of nitrogens with zero attached hydrogens (tertiary/aromatic N) is 1. The summed E-state index contributed by atoms with van der Waals surface area (Å²) in [5.74, 6) is 0.227. The zero-order valence-corrected chi connectivity index (χ0v) is 12.4. The van der Waals surface area contributed by atoms with Crippen molar-refractivity contribution < 1.29 is 9.13 Å². The molecule has 0 amide bonds. The minimum absolute atomic E-state index is 0.263. The van der Waals surface area contributed by atoms with Crippen LogP contribution in [0, 0.1) is 17.1 Å². The van der Waals surface area contributed by atoms with Gasteiger partial charge in [0.1, 0.15) is 17.1 Å². The molecular formula is C16H23FN2O. The molecule has 1 aromatic rings. The lowest BCUT2D eigenvalue weighted by molar-refractivity contribution is 0.268. The Morgan fingerprint density at radius 1 is 1.45 bits per heavy atom. The fourth-order valence-corrected chi connectivity index (χ4v) is 2.19. The maximum atomic E-state index is 13.0. The highest BCUT2D eigenvalue weighted by Gasteiger charge is 2.27. The predicted molar refractivity (Wildman–Crippen MR) is 78.0 cm³/mol. The molecule has 0 fully saturated rings. The molecule has 20 heavy (non-hydrogen) atoms. The van der Waals surface area contributed by atoms with Gasteiger partial charge in [-0.05, 0) is 45.2 Å². The van der Waals surface area contributed by atoms with Gasteiger partial charge in [-0.15, -0.1) is 0 Å². The van der Waals surface area contributed by atoms with Crippen molar-refractivity contribution in [2.75, 3.05) is 6.61 Å². The molecule has 1 atom stereocenters. The molecule has 1 unspecified atom stereocenters. The van der Waals surface area contributed by atoms with Crippen molar-refractivity contribution in [1.29, 1.82) is 5.26 Å². The molecule has 0 bridgehead atoms. The summed E-state index contributed by atoms with van der Waals surface area (Å²) < 4.78 is 18.5. The third-order valence-corrected chi connectivity index (χ3v) is 3.20. The summed E-state index contributed by atoms with van der Waals surface area (Å²) in [6.45, 7) is 6.55. The number of hydrogen-bond acceptors (Lipinski definition) is 3. The maximum Gasteiger partial charge on any atom is 0.126 e. The molecule has 1 aromatic carbocycles. The number of benzene rings is 1. The van der Waals surface area contributed by atoms with Crippen molar-refractivity contribution in [2.45, 2.75) is 51.6 Å². The Bertz CT molecular complexity index is 456. The summed E-state index contributed by atoms with van der Waals surface area (Å²) >= 11 is 0. The molecule has 1 rings (SSSR count). The van der Waals surface area contributed by atoms with Crippen molar-refractivity contribution >= 4 is 0 Å². The van der Waals surface area contributed by atoms with Gasteiger partial charge in [-0.25, -0.2) is 4.39 Å². The average molecular weight is 278 g/mol. The number of ether oxygens (including phenoxy) is 1.